The normalized spacial score (nSPS) is 13.8. The molecule has 0 aliphatic rings. The first-order valence-corrected chi connectivity index (χ1v) is 6.72. The molecule has 1 N–H and O–H groups in total. The van der Waals surface area contributed by atoms with Gasteiger partial charge in [-0.1, -0.05) is 56.1 Å². The van der Waals surface area contributed by atoms with E-state index in [1.165, 1.54) is 0 Å². The fraction of sp³-hybridized carbons (Fsp3) is 0.571. The highest BCUT2D eigenvalue weighted by Gasteiger charge is 2.22. The predicted molar refractivity (Wildman–Crippen MR) is 77.1 cm³/mol. The third-order valence-electron chi connectivity index (χ3n) is 3.13. The molecular formula is C14H21Cl2N. The molecule has 3 heteroatoms. The first-order chi connectivity index (χ1) is 7.86. The molecule has 1 nitrogen and oxygen atoms in total. The SMILES string of the molecule is CNC(CCc1cccc(Cl)c1Cl)C(C)(C)C. The van der Waals surface area contributed by atoms with Crippen LogP contribution in [0.25, 0.3) is 0 Å². The Morgan fingerprint density at radius 1 is 1.24 bits per heavy atom. The van der Waals surface area contributed by atoms with Gasteiger partial charge in [-0.15, -0.1) is 0 Å². The number of nitrogens with one attached hydrogen (secondary N) is 1. The van der Waals surface area contributed by atoms with Crippen molar-refractivity contribution in [1.82, 2.24) is 5.32 Å². The van der Waals surface area contributed by atoms with Gasteiger partial charge >= 0.3 is 0 Å². The Labute approximate surface area is 115 Å². The lowest BCUT2D eigenvalue weighted by Gasteiger charge is -2.30. The van der Waals surface area contributed by atoms with Gasteiger partial charge in [0.25, 0.3) is 0 Å². The van der Waals surface area contributed by atoms with E-state index in [4.69, 9.17) is 23.2 Å². The minimum absolute atomic E-state index is 0.250. The molecule has 1 rings (SSSR count). The van der Waals surface area contributed by atoms with Crippen molar-refractivity contribution < 1.29 is 0 Å². The maximum Gasteiger partial charge on any atom is 0.0624 e. The molecule has 0 radical (unpaired) electrons. The molecule has 0 saturated heterocycles. The van der Waals surface area contributed by atoms with Gasteiger partial charge in [0.1, 0.15) is 0 Å². The van der Waals surface area contributed by atoms with E-state index in [1.54, 1.807) is 0 Å². The Hall–Kier alpha value is -0.240. The van der Waals surface area contributed by atoms with E-state index in [9.17, 15) is 0 Å². The quantitative estimate of drug-likeness (QED) is 0.848. The summed E-state index contributed by atoms with van der Waals surface area (Å²) in [6.07, 6.45) is 2.00. The van der Waals surface area contributed by atoms with Crippen LogP contribution in [0.5, 0.6) is 0 Å². The summed E-state index contributed by atoms with van der Waals surface area (Å²) in [6.45, 7) is 6.73. The summed E-state index contributed by atoms with van der Waals surface area (Å²) in [5, 5.41) is 4.70. The van der Waals surface area contributed by atoms with E-state index in [0.717, 1.165) is 18.4 Å². The Kier molecular flexibility index (Phi) is 5.30. The van der Waals surface area contributed by atoms with Crippen LogP contribution in [0.4, 0.5) is 0 Å². The molecule has 0 saturated carbocycles. The number of hydrogen-bond acceptors (Lipinski definition) is 1. The molecule has 0 aromatic heterocycles. The van der Waals surface area contributed by atoms with Gasteiger partial charge < -0.3 is 5.32 Å². The maximum absolute atomic E-state index is 6.18. The first-order valence-electron chi connectivity index (χ1n) is 5.96. The van der Waals surface area contributed by atoms with E-state index in [0.29, 0.717) is 16.1 Å². The summed E-state index contributed by atoms with van der Waals surface area (Å²) in [4.78, 5) is 0. The van der Waals surface area contributed by atoms with Crippen molar-refractivity contribution in [3.05, 3.63) is 33.8 Å². The molecule has 0 spiro atoms. The van der Waals surface area contributed by atoms with Crippen LogP contribution in [-0.4, -0.2) is 13.1 Å². The zero-order valence-electron chi connectivity index (χ0n) is 11.0. The van der Waals surface area contributed by atoms with Crippen molar-refractivity contribution in [2.45, 2.75) is 39.7 Å². The highest BCUT2D eigenvalue weighted by atomic mass is 35.5. The van der Waals surface area contributed by atoms with Gasteiger partial charge in [-0.25, -0.2) is 0 Å². The monoisotopic (exact) mass is 273 g/mol. The van der Waals surface area contributed by atoms with Crippen LogP contribution >= 0.6 is 23.2 Å². The van der Waals surface area contributed by atoms with Gasteiger partial charge in [0.05, 0.1) is 10.0 Å². The molecule has 17 heavy (non-hydrogen) atoms. The van der Waals surface area contributed by atoms with Crippen molar-refractivity contribution in [2.75, 3.05) is 7.05 Å². The Balaban J connectivity index is 2.70. The van der Waals surface area contributed by atoms with E-state index >= 15 is 0 Å². The van der Waals surface area contributed by atoms with Gasteiger partial charge in [0.15, 0.2) is 0 Å². The van der Waals surface area contributed by atoms with Crippen LogP contribution in [0.15, 0.2) is 18.2 Å². The lowest BCUT2D eigenvalue weighted by atomic mass is 9.83. The van der Waals surface area contributed by atoms with Gasteiger partial charge in [0, 0.05) is 6.04 Å². The minimum Gasteiger partial charge on any atom is -0.316 e. The largest absolute Gasteiger partial charge is 0.316 e. The van der Waals surface area contributed by atoms with Gasteiger partial charge in [-0.2, -0.15) is 0 Å². The number of hydrogen-bond donors (Lipinski definition) is 1. The Morgan fingerprint density at radius 2 is 1.88 bits per heavy atom. The molecule has 0 fully saturated rings. The van der Waals surface area contributed by atoms with Gasteiger partial charge in [-0.05, 0) is 36.9 Å². The number of halogens is 2. The molecular weight excluding hydrogens is 253 g/mol. The highest BCUT2D eigenvalue weighted by Crippen LogP contribution is 2.28. The molecule has 0 amide bonds. The zero-order chi connectivity index (χ0) is 13.1. The van der Waals surface area contributed by atoms with Crippen molar-refractivity contribution in [2.24, 2.45) is 5.41 Å². The van der Waals surface area contributed by atoms with Crippen molar-refractivity contribution in [1.29, 1.82) is 0 Å². The van der Waals surface area contributed by atoms with Gasteiger partial charge in [0.2, 0.25) is 0 Å². The minimum atomic E-state index is 0.250. The standard InChI is InChI=1S/C14H21Cl2N/c1-14(2,3)12(17-4)9-8-10-6-5-7-11(15)13(10)16/h5-7,12,17H,8-9H2,1-4H3. The summed E-state index contributed by atoms with van der Waals surface area (Å²) < 4.78 is 0. The third-order valence-corrected chi connectivity index (χ3v) is 3.99. The fourth-order valence-electron chi connectivity index (χ4n) is 2.05. The summed E-state index contributed by atoms with van der Waals surface area (Å²) >= 11 is 12.2. The highest BCUT2D eigenvalue weighted by molar-refractivity contribution is 6.42. The second-order valence-corrected chi connectivity index (χ2v) is 6.24. The number of benzene rings is 1. The summed E-state index contributed by atoms with van der Waals surface area (Å²) in [5.41, 5.74) is 1.38. The maximum atomic E-state index is 6.18. The molecule has 1 aromatic carbocycles. The smallest absolute Gasteiger partial charge is 0.0624 e. The van der Waals surface area contributed by atoms with Crippen molar-refractivity contribution in [3.8, 4) is 0 Å². The fourth-order valence-corrected chi connectivity index (χ4v) is 2.47. The molecule has 1 atom stereocenters. The molecule has 0 bridgehead atoms. The lowest BCUT2D eigenvalue weighted by Crippen LogP contribution is -2.38. The van der Waals surface area contributed by atoms with Crippen LogP contribution in [0, 0.1) is 5.41 Å². The Morgan fingerprint density at radius 3 is 2.41 bits per heavy atom. The van der Waals surface area contributed by atoms with E-state index < -0.39 is 0 Å². The molecule has 0 aliphatic heterocycles. The Bertz CT molecular complexity index is 369. The third kappa shape index (κ3) is 4.17. The van der Waals surface area contributed by atoms with Crippen LogP contribution in [0.2, 0.25) is 10.0 Å². The molecule has 1 aromatic rings. The average Bonchev–Trinajstić information content (AvgIpc) is 2.23. The van der Waals surface area contributed by atoms with E-state index in [1.807, 2.05) is 25.2 Å². The molecule has 0 heterocycles. The topological polar surface area (TPSA) is 12.0 Å². The second-order valence-electron chi connectivity index (χ2n) is 5.46. The summed E-state index contributed by atoms with van der Waals surface area (Å²) in [5.74, 6) is 0. The lowest BCUT2D eigenvalue weighted by molar-refractivity contribution is 0.268. The van der Waals surface area contributed by atoms with Crippen LogP contribution in [-0.2, 0) is 6.42 Å². The van der Waals surface area contributed by atoms with E-state index in [-0.39, 0.29) is 5.41 Å². The molecule has 96 valence electrons. The second kappa shape index (κ2) is 6.08. The first kappa shape index (κ1) is 14.8. The van der Waals surface area contributed by atoms with Crippen LogP contribution in [0.1, 0.15) is 32.8 Å². The number of aryl methyl sites for hydroxylation is 1. The number of rotatable bonds is 4. The summed E-state index contributed by atoms with van der Waals surface area (Å²) in [7, 11) is 2.01. The molecule has 1 unspecified atom stereocenters. The predicted octanol–water partition coefficient (Wildman–Crippen LogP) is 4.56. The zero-order valence-corrected chi connectivity index (χ0v) is 12.5. The van der Waals surface area contributed by atoms with Crippen molar-refractivity contribution >= 4 is 23.2 Å². The average molecular weight is 274 g/mol. The van der Waals surface area contributed by atoms with Crippen LogP contribution in [0.3, 0.4) is 0 Å². The van der Waals surface area contributed by atoms with E-state index in [2.05, 4.69) is 26.1 Å². The molecule has 0 aliphatic carbocycles. The van der Waals surface area contributed by atoms with Crippen LogP contribution < -0.4 is 5.32 Å². The van der Waals surface area contributed by atoms with Crippen molar-refractivity contribution in [3.63, 3.8) is 0 Å². The summed E-state index contributed by atoms with van der Waals surface area (Å²) in [6, 6.07) is 6.29. The van der Waals surface area contributed by atoms with Gasteiger partial charge in [-0.3, -0.25) is 0 Å².